The molecule has 0 aromatic carbocycles. The average Bonchev–Trinajstić information content (AvgIpc) is 2.51. The molecule has 6 heteroatoms. The number of carbonyl (C=O) groups is 1. The Balaban J connectivity index is 2.19. The van der Waals surface area contributed by atoms with Crippen LogP contribution in [0.4, 0.5) is 0 Å². The summed E-state index contributed by atoms with van der Waals surface area (Å²) in [7, 11) is 0. The van der Waals surface area contributed by atoms with Crippen molar-refractivity contribution in [3.63, 3.8) is 0 Å². The summed E-state index contributed by atoms with van der Waals surface area (Å²) in [5.74, 6) is -0.162. The zero-order valence-electron chi connectivity index (χ0n) is 14.6. The van der Waals surface area contributed by atoms with Gasteiger partial charge < -0.3 is 9.47 Å². The minimum atomic E-state index is -0.166. The van der Waals surface area contributed by atoms with Crippen molar-refractivity contribution in [2.24, 2.45) is 0 Å². The van der Waals surface area contributed by atoms with Gasteiger partial charge in [0.05, 0.1) is 31.4 Å². The Morgan fingerprint density at radius 3 is 2.83 bits per heavy atom. The number of esters is 1. The van der Waals surface area contributed by atoms with Gasteiger partial charge in [-0.3, -0.25) is 14.6 Å². The predicted molar refractivity (Wildman–Crippen MR) is 86.9 cm³/mol. The maximum absolute atomic E-state index is 12.0. The van der Waals surface area contributed by atoms with E-state index in [4.69, 9.17) is 14.7 Å². The van der Waals surface area contributed by atoms with Crippen molar-refractivity contribution >= 4 is 5.97 Å². The zero-order valence-corrected chi connectivity index (χ0v) is 14.6. The second-order valence-electron chi connectivity index (χ2n) is 6.90. The number of hydrogen-bond donors (Lipinski definition) is 0. The lowest BCUT2D eigenvalue weighted by Crippen LogP contribution is -2.67. The molecule has 2 heterocycles. The zero-order chi connectivity index (χ0) is 16.9. The molecule has 1 spiro atoms. The number of nitriles is 1. The fraction of sp³-hybridized carbons (Fsp3) is 0.882. The highest BCUT2D eigenvalue weighted by Gasteiger charge is 2.49. The van der Waals surface area contributed by atoms with E-state index in [9.17, 15) is 4.79 Å². The summed E-state index contributed by atoms with van der Waals surface area (Å²) >= 11 is 0. The van der Waals surface area contributed by atoms with Gasteiger partial charge in [-0.15, -0.1) is 0 Å². The third-order valence-corrected chi connectivity index (χ3v) is 5.26. The average molecular weight is 323 g/mol. The Kier molecular flexibility index (Phi) is 6.01. The topological polar surface area (TPSA) is 65.8 Å². The first-order valence-electron chi connectivity index (χ1n) is 8.61. The number of piperazine rings is 1. The summed E-state index contributed by atoms with van der Waals surface area (Å²) in [6.07, 6.45) is 2.72. The summed E-state index contributed by atoms with van der Waals surface area (Å²) in [5.41, 5.74) is -0.272. The summed E-state index contributed by atoms with van der Waals surface area (Å²) in [4.78, 5) is 16.5. The minimum Gasteiger partial charge on any atom is -0.465 e. The van der Waals surface area contributed by atoms with Crippen LogP contribution in [0.25, 0.3) is 0 Å². The summed E-state index contributed by atoms with van der Waals surface area (Å²) in [6.45, 7) is 10.4. The van der Waals surface area contributed by atoms with Gasteiger partial charge in [-0.1, -0.05) is 6.92 Å². The Morgan fingerprint density at radius 2 is 2.17 bits per heavy atom. The van der Waals surface area contributed by atoms with Crippen molar-refractivity contribution in [3.05, 3.63) is 0 Å². The maximum Gasteiger partial charge on any atom is 0.320 e. The van der Waals surface area contributed by atoms with Gasteiger partial charge >= 0.3 is 5.97 Å². The molecule has 0 bridgehead atoms. The number of carbonyl (C=O) groups excluding carboxylic acids is 1. The molecule has 2 aliphatic rings. The molecule has 0 radical (unpaired) electrons. The second-order valence-corrected chi connectivity index (χ2v) is 6.90. The van der Waals surface area contributed by atoms with Gasteiger partial charge in [-0.2, -0.15) is 5.26 Å². The molecule has 0 N–H and O–H groups in total. The molecule has 6 nitrogen and oxygen atoms in total. The summed E-state index contributed by atoms with van der Waals surface area (Å²) in [5, 5.41) is 9.03. The van der Waals surface area contributed by atoms with E-state index >= 15 is 0 Å². The molecule has 0 amide bonds. The van der Waals surface area contributed by atoms with E-state index in [1.54, 1.807) is 0 Å². The molecular formula is C17H29N3O3. The summed E-state index contributed by atoms with van der Waals surface area (Å²) < 4.78 is 11.2. The fourth-order valence-electron chi connectivity index (χ4n) is 3.89. The van der Waals surface area contributed by atoms with Crippen LogP contribution in [0.2, 0.25) is 0 Å². The molecule has 0 saturated carbocycles. The lowest BCUT2D eigenvalue weighted by Gasteiger charge is -2.55. The highest BCUT2D eigenvalue weighted by atomic mass is 16.5. The Bertz CT molecular complexity index is 464. The Labute approximate surface area is 139 Å². The van der Waals surface area contributed by atoms with Gasteiger partial charge in [0.15, 0.2) is 0 Å². The van der Waals surface area contributed by atoms with E-state index < -0.39 is 0 Å². The second kappa shape index (κ2) is 7.61. The van der Waals surface area contributed by atoms with Gasteiger partial charge in [0.1, 0.15) is 0 Å². The molecule has 0 aromatic rings. The lowest BCUT2D eigenvalue weighted by atomic mass is 9.76. The summed E-state index contributed by atoms with van der Waals surface area (Å²) in [6, 6.07) is 2.25. The smallest absolute Gasteiger partial charge is 0.320 e. The molecule has 2 fully saturated rings. The van der Waals surface area contributed by atoms with Crippen molar-refractivity contribution < 1.29 is 14.3 Å². The molecule has 2 aliphatic heterocycles. The highest BCUT2D eigenvalue weighted by Crippen LogP contribution is 2.40. The predicted octanol–water partition coefficient (Wildman–Crippen LogP) is 1.41. The van der Waals surface area contributed by atoms with E-state index in [1.807, 2.05) is 6.92 Å². The quantitative estimate of drug-likeness (QED) is 0.563. The van der Waals surface area contributed by atoms with Gasteiger partial charge in [-0.05, 0) is 33.1 Å². The van der Waals surface area contributed by atoms with Crippen LogP contribution in [0.5, 0.6) is 0 Å². The van der Waals surface area contributed by atoms with Crippen LogP contribution in [-0.2, 0) is 14.3 Å². The van der Waals surface area contributed by atoms with Crippen LogP contribution in [-0.4, -0.2) is 72.8 Å². The third-order valence-electron chi connectivity index (χ3n) is 5.26. The van der Waals surface area contributed by atoms with Crippen LogP contribution >= 0.6 is 0 Å². The van der Waals surface area contributed by atoms with E-state index in [0.29, 0.717) is 26.3 Å². The van der Waals surface area contributed by atoms with Crippen LogP contribution in [0.15, 0.2) is 0 Å². The van der Waals surface area contributed by atoms with Crippen LogP contribution in [0.3, 0.4) is 0 Å². The lowest BCUT2D eigenvalue weighted by molar-refractivity contribution is -0.164. The molecule has 0 aromatic heterocycles. The standard InChI is InChI=1S/C17H29N3O3/c1-4-16(3)13-17(6-11-23-16)14-19(8-7-18)9-10-20(17)12-15(21)22-5-2/h4-6,8-14H2,1-3H3/t16-,17-/m0/s1. The van der Waals surface area contributed by atoms with Crippen LogP contribution < -0.4 is 0 Å². The monoisotopic (exact) mass is 323 g/mol. The first kappa shape index (κ1) is 18.2. The first-order valence-corrected chi connectivity index (χ1v) is 8.61. The number of nitrogens with zero attached hydrogens (tertiary/aromatic N) is 3. The van der Waals surface area contributed by atoms with Crippen molar-refractivity contribution in [3.8, 4) is 6.07 Å². The van der Waals surface area contributed by atoms with Gasteiger partial charge in [0.2, 0.25) is 0 Å². The van der Waals surface area contributed by atoms with Gasteiger partial charge in [0, 0.05) is 31.8 Å². The Morgan fingerprint density at radius 1 is 1.39 bits per heavy atom. The van der Waals surface area contributed by atoms with Crippen LogP contribution in [0, 0.1) is 11.3 Å². The number of hydrogen-bond acceptors (Lipinski definition) is 6. The molecule has 2 rings (SSSR count). The molecule has 0 unspecified atom stereocenters. The fourth-order valence-corrected chi connectivity index (χ4v) is 3.89. The van der Waals surface area contributed by atoms with Crippen molar-refractivity contribution in [1.82, 2.24) is 9.80 Å². The van der Waals surface area contributed by atoms with Gasteiger partial charge in [-0.25, -0.2) is 0 Å². The van der Waals surface area contributed by atoms with Crippen molar-refractivity contribution in [2.45, 2.75) is 51.2 Å². The Hall–Kier alpha value is -1.16. The molecule has 2 atom stereocenters. The number of rotatable bonds is 5. The highest BCUT2D eigenvalue weighted by molar-refractivity contribution is 5.71. The minimum absolute atomic E-state index is 0.106. The number of ether oxygens (including phenoxy) is 2. The van der Waals surface area contributed by atoms with Crippen molar-refractivity contribution in [2.75, 3.05) is 45.9 Å². The molecule has 2 saturated heterocycles. The molecule has 130 valence electrons. The van der Waals surface area contributed by atoms with Gasteiger partial charge in [0.25, 0.3) is 0 Å². The first-order chi connectivity index (χ1) is 11.0. The van der Waals surface area contributed by atoms with Crippen molar-refractivity contribution in [1.29, 1.82) is 5.26 Å². The largest absolute Gasteiger partial charge is 0.465 e. The van der Waals surface area contributed by atoms with Crippen LogP contribution in [0.1, 0.15) is 40.0 Å². The van der Waals surface area contributed by atoms with E-state index in [1.165, 1.54) is 0 Å². The van der Waals surface area contributed by atoms with E-state index in [2.05, 4.69) is 29.7 Å². The maximum atomic E-state index is 12.0. The molecule has 0 aliphatic carbocycles. The normalized spacial score (nSPS) is 32.6. The van der Waals surface area contributed by atoms with E-state index in [0.717, 1.165) is 38.9 Å². The third kappa shape index (κ3) is 4.23. The SMILES string of the molecule is CCOC(=O)CN1CCN(CC#N)C[C@@]12CCO[C@@](C)(CC)C2. The molecule has 23 heavy (non-hydrogen) atoms. The molecular weight excluding hydrogens is 294 g/mol. The van der Waals surface area contributed by atoms with E-state index in [-0.39, 0.29) is 17.1 Å².